The Balaban J connectivity index is 1.31. The van der Waals surface area contributed by atoms with E-state index in [1.807, 2.05) is 73.0 Å². The third-order valence-corrected chi connectivity index (χ3v) is 5.96. The van der Waals surface area contributed by atoms with Gasteiger partial charge >= 0.3 is 5.97 Å². The second-order valence-corrected chi connectivity index (χ2v) is 8.89. The molecule has 0 radical (unpaired) electrons. The van der Waals surface area contributed by atoms with E-state index in [-0.39, 0.29) is 6.61 Å². The van der Waals surface area contributed by atoms with E-state index >= 15 is 0 Å². The molecule has 32 heavy (non-hydrogen) atoms. The molecule has 0 bridgehead atoms. The van der Waals surface area contributed by atoms with E-state index in [4.69, 9.17) is 4.74 Å². The lowest BCUT2D eigenvalue weighted by Gasteiger charge is -2.06. The fourth-order valence-corrected chi connectivity index (χ4v) is 4.16. The minimum atomic E-state index is -0.551. The van der Waals surface area contributed by atoms with E-state index in [9.17, 15) is 9.59 Å². The number of benzene rings is 3. The second-order valence-electron chi connectivity index (χ2n) is 7.12. The van der Waals surface area contributed by atoms with Crippen LogP contribution < -0.4 is 5.32 Å². The van der Waals surface area contributed by atoms with Crippen molar-refractivity contribution in [2.24, 2.45) is 0 Å². The van der Waals surface area contributed by atoms with Gasteiger partial charge in [0.1, 0.15) is 0 Å². The molecule has 0 fully saturated rings. The van der Waals surface area contributed by atoms with Crippen molar-refractivity contribution in [3.05, 3.63) is 93.8 Å². The minimum Gasteiger partial charge on any atom is -0.452 e. The number of halogens is 1. The summed E-state index contributed by atoms with van der Waals surface area (Å²) in [6.45, 7) is 1.65. The molecule has 7 heteroatoms. The van der Waals surface area contributed by atoms with Gasteiger partial charge in [0, 0.05) is 15.4 Å². The zero-order chi connectivity index (χ0) is 22.5. The molecule has 0 saturated heterocycles. The van der Waals surface area contributed by atoms with E-state index in [2.05, 4.69) is 26.2 Å². The highest BCUT2D eigenvalue weighted by molar-refractivity contribution is 9.10. The number of carbonyl (C=O) groups is 2. The van der Waals surface area contributed by atoms with Gasteiger partial charge in [-0.2, -0.15) is 0 Å². The molecule has 0 aliphatic rings. The normalized spacial score (nSPS) is 10.6. The van der Waals surface area contributed by atoms with Crippen LogP contribution in [0.2, 0.25) is 0 Å². The van der Waals surface area contributed by atoms with Crippen LogP contribution in [-0.4, -0.2) is 23.5 Å². The number of rotatable bonds is 6. The number of ether oxygens (including phenoxy) is 1. The number of aryl methyl sites for hydroxylation is 1. The van der Waals surface area contributed by atoms with Crippen LogP contribution in [0.25, 0.3) is 22.4 Å². The quantitative estimate of drug-likeness (QED) is 0.309. The Morgan fingerprint density at radius 3 is 2.34 bits per heavy atom. The highest BCUT2D eigenvalue weighted by atomic mass is 79.9. The van der Waals surface area contributed by atoms with Gasteiger partial charge in [0.05, 0.1) is 11.3 Å². The molecule has 1 heterocycles. The monoisotopic (exact) mass is 506 g/mol. The molecular weight excluding hydrogens is 488 g/mol. The summed E-state index contributed by atoms with van der Waals surface area (Å²) >= 11 is 4.75. The SMILES string of the molecule is Cc1ccc(-c2ccc(C(=O)OCC(=O)Nc3nc(-c4cccc(Br)c4)cs3)cc2)cc1. The zero-order valence-corrected chi connectivity index (χ0v) is 19.6. The Morgan fingerprint density at radius 1 is 0.969 bits per heavy atom. The molecule has 5 nitrogen and oxygen atoms in total. The van der Waals surface area contributed by atoms with Crippen LogP contribution >= 0.6 is 27.3 Å². The van der Waals surface area contributed by atoms with Crippen molar-refractivity contribution in [3.63, 3.8) is 0 Å². The summed E-state index contributed by atoms with van der Waals surface area (Å²) in [5.74, 6) is -0.991. The molecule has 1 N–H and O–H groups in total. The third-order valence-electron chi connectivity index (χ3n) is 4.71. The van der Waals surface area contributed by atoms with Crippen LogP contribution in [0.1, 0.15) is 15.9 Å². The Bertz CT molecular complexity index is 1250. The lowest BCUT2D eigenvalue weighted by Crippen LogP contribution is -2.20. The molecule has 3 aromatic carbocycles. The number of amides is 1. The number of anilines is 1. The maximum Gasteiger partial charge on any atom is 0.338 e. The Hall–Kier alpha value is -3.29. The number of hydrogen-bond donors (Lipinski definition) is 1. The number of carbonyl (C=O) groups excluding carboxylic acids is 2. The van der Waals surface area contributed by atoms with Gasteiger partial charge in [-0.25, -0.2) is 9.78 Å². The third kappa shape index (κ3) is 5.49. The molecule has 4 rings (SSSR count). The van der Waals surface area contributed by atoms with Gasteiger partial charge < -0.3 is 4.74 Å². The highest BCUT2D eigenvalue weighted by Gasteiger charge is 2.13. The van der Waals surface area contributed by atoms with Gasteiger partial charge in [-0.05, 0) is 42.3 Å². The van der Waals surface area contributed by atoms with Crippen LogP contribution in [-0.2, 0) is 9.53 Å². The summed E-state index contributed by atoms with van der Waals surface area (Å²) in [7, 11) is 0. The molecule has 0 aliphatic heterocycles. The number of thiazole rings is 1. The predicted molar refractivity (Wildman–Crippen MR) is 131 cm³/mol. The topological polar surface area (TPSA) is 68.3 Å². The summed E-state index contributed by atoms with van der Waals surface area (Å²) in [5.41, 5.74) is 5.35. The molecule has 0 atom stereocenters. The lowest BCUT2D eigenvalue weighted by molar-refractivity contribution is -0.119. The van der Waals surface area contributed by atoms with Crippen LogP contribution in [0.5, 0.6) is 0 Å². The van der Waals surface area contributed by atoms with Crippen molar-refractivity contribution >= 4 is 44.3 Å². The lowest BCUT2D eigenvalue weighted by atomic mass is 10.0. The summed E-state index contributed by atoms with van der Waals surface area (Å²) in [5, 5.41) is 4.98. The first-order valence-electron chi connectivity index (χ1n) is 9.83. The van der Waals surface area contributed by atoms with Gasteiger partial charge in [0.25, 0.3) is 5.91 Å². The average Bonchev–Trinajstić information content (AvgIpc) is 3.26. The maximum atomic E-state index is 12.3. The van der Waals surface area contributed by atoms with Gasteiger partial charge in [-0.3, -0.25) is 10.1 Å². The Labute approximate surface area is 198 Å². The van der Waals surface area contributed by atoms with Crippen molar-refractivity contribution in [2.45, 2.75) is 6.92 Å². The van der Waals surface area contributed by atoms with Crippen LogP contribution in [0, 0.1) is 6.92 Å². The first kappa shape index (κ1) is 21.9. The number of nitrogens with zero attached hydrogens (tertiary/aromatic N) is 1. The summed E-state index contributed by atoms with van der Waals surface area (Å²) < 4.78 is 6.10. The van der Waals surface area contributed by atoms with E-state index in [0.29, 0.717) is 10.7 Å². The van der Waals surface area contributed by atoms with Gasteiger partial charge in [0.2, 0.25) is 0 Å². The van der Waals surface area contributed by atoms with Gasteiger partial charge in [-0.1, -0.05) is 70.0 Å². The molecule has 1 aromatic heterocycles. The first-order chi connectivity index (χ1) is 15.5. The number of esters is 1. The summed E-state index contributed by atoms with van der Waals surface area (Å²) in [6, 6.07) is 23.0. The smallest absolute Gasteiger partial charge is 0.338 e. The number of hydrogen-bond acceptors (Lipinski definition) is 5. The largest absolute Gasteiger partial charge is 0.452 e. The average molecular weight is 507 g/mol. The van der Waals surface area contributed by atoms with E-state index in [1.54, 1.807) is 12.1 Å². The first-order valence-corrected chi connectivity index (χ1v) is 11.5. The summed E-state index contributed by atoms with van der Waals surface area (Å²) in [4.78, 5) is 28.9. The molecular formula is C25H19BrN2O3S. The van der Waals surface area contributed by atoms with Crippen molar-refractivity contribution in [2.75, 3.05) is 11.9 Å². The Kier molecular flexibility index (Phi) is 6.78. The molecule has 0 aliphatic carbocycles. The van der Waals surface area contributed by atoms with Crippen LogP contribution in [0.3, 0.4) is 0 Å². The predicted octanol–water partition coefficient (Wildman–Crippen LogP) is 6.34. The maximum absolute atomic E-state index is 12.3. The molecule has 1 amide bonds. The molecule has 0 unspecified atom stereocenters. The van der Waals surface area contributed by atoms with Crippen LogP contribution in [0.15, 0.2) is 82.6 Å². The van der Waals surface area contributed by atoms with Crippen molar-refractivity contribution < 1.29 is 14.3 Å². The van der Waals surface area contributed by atoms with E-state index in [0.717, 1.165) is 26.9 Å². The number of nitrogens with one attached hydrogen (secondary N) is 1. The van der Waals surface area contributed by atoms with Gasteiger partial charge in [-0.15, -0.1) is 11.3 Å². The van der Waals surface area contributed by atoms with Crippen LogP contribution in [0.4, 0.5) is 5.13 Å². The molecule has 0 saturated carbocycles. The minimum absolute atomic E-state index is 0.385. The highest BCUT2D eigenvalue weighted by Crippen LogP contribution is 2.27. The fourth-order valence-electron chi connectivity index (χ4n) is 3.03. The molecule has 0 spiro atoms. The van der Waals surface area contributed by atoms with Crippen molar-refractivity contribution in [3.8, 4) is 22.4 Å². The second kappa shape index (κ2) is 9.89. The summed E-state index contributed by atoms with van der Waals surface area (Å²) in [6.07, 6.45) is 0. The van der Waals surface area contributed by atoms with Crippen molar-refractivity contribution in [1.29, 1.82) is 0 Å². The standard InChI is InChI=1S/C25H19BrN2O3S/c1-16-5-7-17(8-6-16)18-9-11-19(12-10-18)24(30)31-14-23(29)28-25-27-22(15-32-25)20-3-2-4-21(26)13-20/h2-13,15H,14H2,1H3,(H,27,28,29). The molecule has 160 valence electrons. The fraction of sp³-hybridized carbons (Fsp3) is 0.0800. The molecule has 4 aromatic rings. The number of aromatic nitrogens is 1. The van der Waals surface area contributed by atoms with E-state index in [1.165, 1.54) is 16.9 Å². The van der Waals surface area contributed by atoms with Crippen molar-refractivity contribution in [1.82, 2.24) is 4.98 Å². The van der Waals surface area contributed by atoms with Gasteiger partial charge in [0.15, 0.2) is 11.7 Å². The van der Waals surface area contributed by atoms with E-state index < -0.39 is 11.9 Å². The Morgan fingerprint density at radius 2 is 1.66 bits per heavy atom. The zero-order valence-electron chi connectivity index (χ0n) is 17.2.